The van der Waals surface area contributed by atoms with Crippen LogP contribution in [0.25, 0.3) is 67.3 Å². The molecule has 1 aromatic heterocycles. The van der Waals surface area contributed by atoms with Gasteiger partial charge in [-0.1, -0.05) is 239 Å². The first-order chi connectivity index (χ1) is 31.5. The lowest BCUT2D eigenvalue weighted by Crippen LogP contribution is -2.07. The van der Waals surface area contributed by atoms with Gasteiger partial charge in [0.05, 0.1) is 0 Å². The first-order valence-electron chi connectivity index (χ1n) is 21.7. The van der Waals surface area contributed by atoms with E-state index in [1.165, 1.54) is 5.56 Å². The lowest BCUT2D eigenvalue weighted by molar-refractivity contribution is 0.916. The second-order valence-electron chi connectivity index (χ2n) is 15.0. The van der Waals surface area contributed by atoms with Crippen molar-refractivity contribution >= 4 is 11.5 Å². The highest BCUT2D eigenvalue weighted by Gasteiger charge is 2.14. The highest BCUT2D eigenvalue weighted by atomic mass is 15.0. The molecule has 0 saturated carbocycles. The fraction of sp³-hybridized carbons (Fsp3) is 0.0678. The molecule has 0 aliphatic carbocycles. The summed E-state index contributed by atoms with van der Waals surface area (Å²) >= 11 is 0. The number of nitrogens with zero attached hydrogens (tertiary/aromatic N) is 5. The molecule has 0 aliphatic rings. The van der Waals surface area contributed by atoms with Crippen LogP contribution in [0.4, 0.5) is 0 Å². The zero-order valence-corrected chi connectivity index (χ0v) is 36.4. The van der Waals surface area contributed by atoms with E-state index in [1.807, 2.05) is 81.4 Å². The van der Waals surface area contributed by atoms with Crippen LogP contribution in [0.2, 0.25) is 0 Å². The molecule has 5 heteroatoms. The molecule has 8 aromatic carbocycles. The second kappa shape index (κ2) is 20.6. The number of benzene rings is 8. The number of hydrogen-bond acceptors (Lipinski definition) is 4. The Hall–Kier alpha value is -8.15. The fourth-order valence-electron chi connectivity index (χ4n) is 7.37. The van der Waals surface area contributed by atoms with Crippen LogP contribution >= 0.6 is 0 Å². The van der Waals surface area contributed by atoms with Gasteiger partial charge < -0.3 is 0 Å². The van der Waals surface area contributed by atoms with Crippen LogP contribution in [0.3, 0.4) is 0 Å². The predicted molar refractivity (Wildman–Crippen MR) is 268 cm³/mol. The Morgan fingerprint density at radius 2 is 0.656 bits per heavy atom. The van der Waals surface area contributed by atoms with E-state index in [-0.39, 0.29) is 0 Å². The molecule has 310 valence electrons. The van der Waals surface area contributed by atoms with Crippen molar-refractivity contribution in [2.75, 3.05) is 0 Å². The van der Waals surface area contributed by atoms with Crippen molar-refractivity contribution in [3.8, 4) is 67.3 Å². The Balaban J connectivity index is 0.00000276. The summed E-state index contributed by atoms with van der Waals surface area (Å²) in [6.45, 7) is 10.5. The number of rotatable bonds is 11. The van der Waals surface area contributed by atoms with Crippen LogP contribution in [-0.4, -0.2) is 26.5 Å². The van der Waals surface area contributed by atoms with E-state index in [4.69, 9.17) is 24.9 Å². The first kappa shape index (κ1) is 42.5. The molecule has 0 fully saturated rings. The Labute approximate surface area is 377 Å². The van der Waals surface area contributed by atoms with Gasteiger partial charge in [-0.15, -0.1) is 0 Å². The summed E-state index contributed by atoms with van der Waals surface area (Å²) in [6.07, 6.45) is 0.290. The summed E-state index contributed by atoms with van der Waals surface area (Å²) in [5, 5.41) is 0. The van der Waals surface area contributed by atoms with Crippen LogP contribution in [0.15, 0.2) is 241 Å². The third-order valence-electron chi connectivity index (χ3n) is 10.7. The van der Waals surface area contributed by atoms with Crippen LogP contribution < -0.4 is 0 Å². The number of allylic oxidation sites excluding steroid dienone is 1. The van der Waals surface area contributed by atoms with Crippen LogP contribution in [0.5, 0.6) is 0 Å². The number of aromatic nitrogens is 3. The maximum atomic E-state index is 5.15. The van der Waals surface area contributed by atoms with Gasteiger partial charge in [-0.05, 0) is 57.0 Å². The Morgan fingerprint density at radius 1 is 0.359 bits per heavy atom. The topological polar surface area (TPSA) is 63.4 Å². The van der Waals surface area contributed by atoms with Crippen molar-refractivity contribution in [2.45, 2.75) is 27.2 Å². The minimum Gasteiger partial charge on any atom is -0.233 e. The molecule has 0 radical (unpaired) electrons. The lowest BCUT2D eigenvalue weighted by atomic mass is 10.0. The van der Waals surface area contributed by atoms with E-state index in [2.05, 4.69) is 164 Å². The summed E-state index contributed by atoms with van der Waals surface area (Å²) < 4.78 is 0. The molecule has 0 spiro atoms. The van der Waals surface area contributed by atoms with Crippen molar-refractivity contribution < 1.29 is 0 Å². The number of aliphatic imine (C=N–C) groups is 2. The maximum Gasteiger partial charge on any atom is 0.163 e. The molecule has 0 amide bonds. The van der Waals surface area contributed by atoms with Crippen molar-refractivity contribution in [1.29, 1.82) is 0 Å². The third-order valence-corrected chi connectivity index (χ3v) is 10.7. The second-order valence-corrected chi connectivity index (χ2v) is 15.0. The van der Waals surface area contributed by atoms with Crippen LogP contribution in [-0.2, 0) is 6.42 Å². The zero-order chi connectivity index (χ0) is 44.1. The third kappa shape index (κ3) is 10.5. The van der Waals surface area contributed by atoms with Crippen molar-refractivity contribution in [1.82, 2.24) is 15.0 Å². The molecule has 5 nitrogen and oxygen atoms in total. The van der Waals surface area contributed by atoms with Gasteiger partial charge in [-0.2, -0.15) is 0 Å². The lowest BCUT2D eigenvalue weighted by Gasteiger charge is -2.11. The van der Waals surface area contributed by atoms with E-state index >= 15 is 0 Å². The van der Waals surface area contributed by atoms with E-state index in [9.17, 15) is 0 Å². The van der Waals surface area contributed by atoms with Crippen molar-refractivity contribution in [3.05, 3.63) is 248 Å². The Morgan fingerprint density at radius 3 is 1.02 bits per heavy atom. The fourth-order valence-corrected chi connectivity index (χ4v) is 7.37. The summed E-state index contributed by atoms with van der Waals surface area (Å²) in [6, 6.07) is 75.0. The molecule has 0 bridgehead atoms. The van der Waals surface area contributed by atoms with Gasteiger partial charge in [-0.3, -0.25) is 0 Å². The van der Waals surface area contributed by atoms with Gasteiger partial charge in [-0.25, -0.2) is 24.9 Å². The van der Waals surface area contributed by atoms with E-state index in [0.717, 1.165) is 66.9 Å². The highest BCUT2D eigenvalue weighted by molar-refractivity contribution is 6.12. The van der Waals surface area contributed by atoms with Gasteiger partial charge in [0, 0.05) is 34.5 Å². The molecule has 9 aromatic rings. The van der Waals surface area contributed by atoms with Crippen LogP contribution in [0, 0.1) is 0 Å². The molecule has 0 saturated heterocycles. The Bertz CT molecular complexity index is 2880. The minimum atomic E-state index is 0.290. The normalized spacial score (nSPS) is 11.4. The highest BCUT2D eigenvalue weighted by Crippen LogP contribution is 2.28. The molecule has 0 aliphatic heterocycles. The van der Waals surface area contributed by atoms with Gasteiger partial charge >= 0.3 is 0 Å². The van der Waals surface area contributed by atoms with E-state index in [0.29, 0.717) is 35.4 Å². The number of hydrogen-bond donors (Lipinski definition) is 0. The summed E-state index contributed by atoms with van der Waals surface area (Å²) in [5.74, 6) is 2.28. The summed E-state index contributed by atoms with van der Waals surface area (Å²) in [4.78, 5) is 25.3. The molecule has 1 heterocycles. The molecule has 0 atom stereocenters. The minimum absolute atomic E-state index is 0.290. The van der Waals surface area contributed by atoms with Crippen molar-refractivity contribution in [2.24, 2.45) is 9.98 Å². The van der Waals surface area contributed by atoms with Gasteiger partial charge in [0.15, 0.2) is 17.5 Å². The molecule has 0 unspecified atom stereocenters. The van der Waals surface area contributed by atoms with Gasteiger partial charge in [0.1, 0.15) is 5.82 Å². The largest absolute Gasteiger partial charge is 0.233 e. The smallest absolute Gasteiger partial charge is 0.163 e. The zero-order valence-electron chi connectivity index (χ0n) is 36.4. The average Bonchev–Trinajstić information content (AvgIpc) is 3.38. The van der Waals surface area contributed by atoms with Crippen molar-refractivity contribution in [3.63, 3.8) is 0 Å². The van der Waals surface area contributed by atoms with E-state index in [1.54, 1.807) is 0 Å². The first-order valence-corrected chi connectivity index (χ1v) is 21.7. The molecular formula is C59H49N5. The predicted octanol–water partition coefficient (Wildman–Crippen LogP) is 14.9. The van der Waals surface area contributed by atoms with Gasteiger partial charge in [0.2, 0.25) is 0 Å². The van der Waals surface area contributed by atoms with E-state index < -0.39 is 0 Å². The summed E-state index contributed by atoms with van der Waals surface area (Å²) in [7, 11) is 0. The maximum absolute atomic E-state index is 5.15. The average molecular weight is 828 g/mol. The SMILES string of the molecule is C=C(Cc1nc(-c2ccc(-c3ccccc3)cc2)nc(-c2ccc(-c3ccccc3)cc2)n1)N=C(N=C(C)c1ccc(-c2ccccc2)cc1)c1ccc(-c2ccccc2)cc1.CC. The molecule has 9 rings (SSSR count). The molecule has 0 N–H and O–H groups in total. The number of amidine groups is 1. The molecule has 64 heavy (non-hydrogen) atoms. The standard InChI is InChI=1S/C57H43N5.C2H6/c1-40(58-55(51-33-27-48(28-34-51)44-17-9-4-10-18-44)59-41(2)42-23-25-47(26-24-42)43-15-7-3-8-16-43)39-54-60-56(52-35-29-49(30-36-52)45-19-11-5-12-20-45)62-57(61-54)53-37-31-50(32-38-53)46-21-13-6-14-22-46;1-2/h3-38H,1,39H2,2H3;1-2H3. The van der Waals surface area contributed by atoms with Gasteiger partial charge in [0.25, 0.3) is 0 Å². The monoisotopic (exact) mass is 827 g/mol. The molecular weight excluding hydrogens is 779 g/mol. The quantitative estimate of drug-likeness (QED) is 0.0964. The Kier molecular flexibility index (Phi) is 13.7. The summed E-state index contributed by atoms with van der Waals surface area (Å²) in [5.41, 5.74) is 14.2. The van der Waals surface area contributed by atoms with Crippen LogP contribution in [0.1, 0.15) is 37.7 Å².